The smallest absolute Gasteiger partial charge is 0.145 e. The quantitative estimate of drug-likeness (QED) is 0.137. The molecular weight excluding hydrogens is 1720 g/mol. The Morgan fingerprint density at radius 1 is 0.106 bits per heavy atom. The fourth-order valence-corrected chi connectivity index (χ4v) is 23.2. The highest BCUT2D eigenvalue weighted by Gasteiger charge is 2.26. The zero-order valence-electron chi connectivity index (χ0n) is 76.3. The van der Waals surface area contributed by atoms with E-state index in [0.29, 0.717) is 0 Å². The molecule has 0 saturated carbocycles. The first kappa shape index (κ1) is 79.3. The van der Waals surface area contributed by atoms with Gasteiger partial charge >= 0.3 is 0 Å². The van der Waals surface area contributed by atoms with Crippen LogP contribution in [0, 0.1) is 0 Å². The van der Waals surface area contributed by atoms with Gasteiger partial charge in [-0.25, -0.2) is 9.97 Å². The summed E-state index contributed by atoms with van der Waals surface area (Å²) in [6, 6.07) is 178. The van der Waals surface area contributed by atoms with Gasteiger partial charge in [0, 0.05) is 161 Å². The van der Waals surface area contributed by atoms with Crippen LogP contribution in [0.2, 0.25) is 0 Å². The van der Waals surface area contributed by atoms with E-state index in [-0.39, 0.29) is 0 Å². The topological polar surface area (TPSA) is 70.2 Å². The summed E-state index contributed by atoms with van der Waals surface area (Å²) in [5.74, 6) is 0. The van der Waals surface area contributed by atoms with Crippen LogP contribution in [0.3, 0.4) is 0 Å². The van der Waals surface area contributed by atoms with E-state index < -0.39 is 0 Å². The Bertz CT molecular complexity index is 10400. The van der Waals surface area contributed by atoms with Crippen molar-refractivity contribution in [2.24, 2.45) is 0 Å². The van der Waals surface area contributed by atoms with Crippen molar-refractivity contribution in [2.75, 3.05) is 0 Å². The normalized spacial score (nSPS) is 12.0. The number of para-hydroxylation sites is 12. The van der Waals surface area contributed by atoms with Crippen LogP contribution in [0.5, 0.6) is 0 Å². The van der Waals surface area contributed by atoms with Crippen LogP contribution in [0.15, 0.2) is 504 Å². The molecule has 0 radical (unpaired) electrons. The lowest BCUT2D eigenvalue weighted by Gasteiger charge is -2.12. The van der Waals surface area contributed by atoms with Crippen LogP contribution < -0.4 is 0 Å². The van der Waals surface area contributed by atoms with E-state index in [2.05, 4.69) is 520 Å². The molecule has 658 valence electrons. The van der Waals surface area contributed by atoms with Gasteiger partial charge in [0.15, 0.2) is 0 Å². The lowest BCUT2D eigenvalue weighted by molar-refractivity contribution is 1.13. The maximum absolute atomic E-state index is 4.83. The maximum Gasteiger partial charge on any atom is 0.145 e. The van der Waals surface area contributed by atoms with Gasteiger partial charge in [-0.2, -0.15) is 0 Å². The van der Waals surface area contributed by atoms with Gasteiger partial charge in [-0.05, 0) is 230 Å². The summed E-state index contributed by atoms with van der Waals surface area (Å²) in [6.07, 6.45) is 3.76. The molecular formula is C130H83N11. The summed E-state index contributed by atoms with van der Waals surface area (Å²) in [6.45, 7) is 0. The van der Waals surface area contributed by atoms with E-state index >= 15 is 0 Å². The van der Waals surface area contributed by atoms with Gasteiger partial charge in [-0.1, -0.05) is 273 Å². The van der Waals surface area contributed by atoms with Gasteiger partial charge in [-0.3, -0.25) is 9.13 Å². The van der Waals surface area contributed by atoms with Crippen molar-refractivity contribution in [1.29, 1.82) is 0 Å². The lowest BCUT2D eigenvalue weighted by Crippen LogP contribution is -1.97. The highest BCUT2D eigenvalue weighted by molar-refractivity contribution is 6.19. The number of nitrogens with zero attached hydrogens (tertiary/aromatic N) is 11. The molecule has 31 aromatic rings. The number of rotatable bonds is 10. The molecule has 11 nitrogen and oxygen atoms in total. The third-order valence-electron chi connectivity index (χ3n) is 29.2. The predicted molar refractivity (Wildman–Crippen MR) is 589 cm³/mol. The molecule has 0 fully saturated rings. The highest BCUT2D eigenvalue weighted by atomic mass is 15.1. The summed E-state index contributed by atoms with van der Waals surface area (Å²) < 4.78 is 21.4. The third kappa shape index (κ3) is 12.3. The Morgan fingerprint density at radius 2 is 0.305 bits per heavy atom. The minimum atomic E-state index is 0.965. The van der Waals surface area contributed by atoms with E-state index in [0.717, 1.165) is 84.3 Å². The summed E-state index contributed by atoms with van der Waals surface area (Å²) in [4.78, 5) is 9.66. The van der Waals surface area contributed by atoms with Crippen LogP contribution in [-0.4, -0.2) is 51.1 Å². The second-order valence-electron chi connectivity index (χ2n) is 36.7. The fraction of sp³-hybridized carbons (Fsp3) is 0. The Kier molecular flexibility index (Phi) is 17.9. The minimum absolute atomic E-state index is 0.965. The van der Waals surface area contributed by atoms with Crippen molar-refractivity contribution in [3.05, 3.63) is 504 Å². The van der Waals surface area contributed by atoms with Crippen LogP contribution >= 0.6 is 0 Å². The second kappa shape index (κ2) is 31.8. The van der Waals surface area contributed by atoms with Crippen molar-refractivity contribution in [2.45, 2.75) is 0 Å². The van der Waals surface area contributed by atoms with Crippen LogP contribution in [-0.2, 0) is 0 Å². The van der Waals surface area contributed by atoms with E-state index in [4.69, 9.17) is 9.97 Å². The molecule has 0 amide bonds. The molecule has 0 unspecified atom stereocenters. The SMILES string of the molecule is c1ccc(-c2ccc3c(c2)c2ccc(-n4c5ccccc5c5cc(-n6c7ccccc7c7ccccc76)ccc54)cc2n3-c2ccccc2)cc1.c1ccc(-n2c3ccc(-n4c5ccccc5c5ccc(-n6c7ccccc7c7ccccc76)cc54)cc3c3cccnc32)cc1.c1ccc(-n2c3ccccc3c3ccc(-n4c5ccccc5c5cc(-n6c7ccccc7c7cccnc76)ccc54)cc32)cc1. The lowest BCUT2D eigenvalue weighted by atomic mass is 10.0. The fourth-order valence-electron chi connectivity index (χ4n) is 23.2. The molecule has 0 bridgehead atoms. The standard InChI is InChI=1S/C48H31N3.2C41H26N4/c1-3-13-32(14-4-1)33-23-27-46-41(29-33)40-26-24-36(31-48(40)49(46)34-15-5-2-6-16-34)51-45-22-12-9-19-39(45)42-30-35(25-28-47(42)51)50-43-20-10-7-17-37(43)38-18-8-11-21-44(38)50;1-2-11-27(12-3-1)43-36-17-7-4-13-30(36)33-22-20-29(26-40(33)43)44-37-18-8-6-15-32(37)35-25-28(21-23-39(35)44)45-38-19-9-5-14-31(38)34-16-10-24-42-41(34)45;1-2-11-27(12-3-1)45-39-23-21-28(25-35(39)34-16-10-24-42-41(34)45)44-38-19-9-6-15-32(38)33-22-20-29(26-40(33)44)43-36-17-7-4-13-30(36)31-14-5-8-18-37(31)43/h1-31H;2*1-26H. The maximum atomic E-state index is 4.83. The van der Waals surface area contributed by atoms with Crippen molar-refractivity contribution < 1.29 is 0 Å². The summed E-state index contributed by atoms with van der Waals surface area (Å²) in [5, 5.41) is 22.2. The van der Waals surface area contributed by atoms with Crippen molar-refractivity contribution >= 4 is 197 Å². The molecule has 0 atom stereocenters. The molecule has 11 heterocycles. The number of pyridine rings is 2. The molecule has 0 aliphatic carbocycles. The van der Waals surface area contributed by atoms with E-state index in [1.54, 1.807) is 0 Å². The van der Waals surface area contributed by atoms with Gasteiger partial charge in [0.1, 0.15) is 11.3 Å². The number of fused-ring (bicyclic) bond motifs is 27. The molecule has 11 aromatic heterocycles. The molecule has 0 aliphatic rings. The zero-order chi connectivity index (χ0) is 92.4. The molecule has 0 spiro atoms. The Balaban J connectivity index is 0.000000102. The van der Waals surface area contributed by atoms with Gasteiger partial charge in [0.2, 0.25) is 0 Å². The molecule has 0 aliphatic heterocycles. The Hall–Kier alpha value is -19.1. The molecule has 0 N–H and O–H groups in total. The monoisotopic (exact) mass is 1800 g/mol. The Morgan fingerprint density at radius 3 is 0.660 bits per heavy atom. The molecule has 31 rings (SSSR count). The largest absolute Gasteiger partial charge is 0.309 e. The first-order valence-electron chi connectivity index (χ1n) is 48.2. The summed E-state index contributed by atoms with van der Waals surface area (Å²) in [7, 11) is 0. The summed E-state index contributed by atoms with van der Waals surface area (Å²) >= 11 is 0. The third-order valence-corrected chi connectivity index (χ3v) is 29.2. The first-order valence-corrected chi connectivity index (χ1v) is 48.2. The molecule has 0 saturated heterocycles. The van der Waals surface area contributed by atoms with Gasteiger partial charge < -0.3 is 32.0 Å². The number of aromatic nitrogens is 11. The predicted octanol–water partition coefficient (Wildman–Crippen LogP) is 33.4. The van der Waals surface area contributed by atoms with Crippen LogP contribution in [0.4, 0.5) is 0 Å². The van der Waals surface area contributed by atoms with Crippen molar-refractivity contribution in [3.8, 4) is 62.3 Å². The van der Waals surface area contributed by atoms with Crippen molar-refractivity contribution in [1.82, 2.24) is 51.1 Å². The second-order valence-corrected chi connectivity index (χ2v) is 36.7. The van der Waals surface area contributed by atoms with E-state index in [1.165, 1.54) is 175 Å². The highest BCUT2D eigenvalue weighted by Crippen LogP contribution is 2.46. The average Bonchev–Trinajstić information content (AvgIpc) is 1.57. The minimum Gasteiger partial charge on any atom is -0.309 e. The van der Waals surface area contributed by atoms with Crippen molar-refractivity contribution in [3.63, 3.8) is 0 Å². The average molecular weight is 1800 g/mol. The summed E-state index contributed by atoms with van der Waals surface area (Å²) in [5.41, 5.74) is 33.7. The van der Waals surface area contributed by atoms with Gasteiger partial charge in [-0.15, -0.1) is 0 Å². The van der Waals surface area contributed by atoms with E-state index in [9.17, 15) is 0 Å². The van der Waals surface area contributed by atoms with Gasteiger partial charge in [0.25, 0.3) is 0 Å². The molecule has 20 aromatic carbocycles. The van der Waals surface area contributed by atoms with Gasteiger partial charge in [0.05, 0.1) is 88.3 Å². The van der Waals surface area contributed by atoms with Crippen LogP contribution in [0.25, 0.3) is 259 Å². The zero-order valence-corrected chi connectivity index (χ0v) is 76.3. The first-order chi connectivity index (χ1) is 70.0. The van der Waals surface area contributed by atoms with E-state index in [1.807, 2.05) is 24.5 Å². The molecule has 141 heavy (non-hydrogen) atoms. The number of benzene rings is 20. The molecule has 11 heteroatoms. The Labute approximate surface area is 808 Å². The van der Waals surface area contributed by atoms with Crippen LogP contribution in [0.1, 0.15) is 0 Å². The number of hydrogen-bond acceptors (Lipinski definition) is 2. The number of hydrogen-bond donors (Lipinski definition) is 0.